The maximum atomic E-state index is 11.9. The molecule has 0 saturated heterocycles. The second kappa shape index (κ2) is 5.67. The summed E-state index contributed by atoms with van der Waals surface area (Å²) in [5, 5.41) is 4.33. The standard InChI is InChI=1S/C14H17N3O2/c1-3-19-14(18)12-9-17(2)16-13(12)11-6-4-5-10(7-11)8-15/h4-7,9H,3,8,15H2,1-2H3. The SMILES string of the molecule is CCOC(=O)c1cn(C)nc1-c1cccc(CN)c1. The average Bonchev–Trinajstić information content (AvgIpc) is 2.81. The van der Waals surface area contributed by atoms with Crippen molar-refractivity contribution in [1.29, 1.82) is 0 Å². The van der Waals surface area contributed by atoms with Crippen LogP contribution >= 0.6 is 0 Å². The number of carbonyl (C=O) groups excluding carboxylic acids is 1. The molecule has 2 aromatic rings. The highest BCUT2D eigenvalue weighted by molar-refractivity contribution is 5.96. The lowest BCUT2D eigenvalue weighted by molar-refractivity contribution is 0.0527. The van der Waals surface area contributed by atoms with Gasteiger partial charge in [0.15, 0.2) is 0 Å². The minimum atomic E-state index is -0.358. The third-order valence-electron chi connectivity index (χ3n) is 2.76. The van der Waals surface area contributed by atoms with Gasteiger partial charge < -0.3 is 10.5 Å². The van der Waals surface area contributed by atoms with E-state index in [1.165, 1.54) is 0 Å². The predicted octanol–water partition coefficient (Wildman–Crippen LogP) is 1.72. The molecule has 0 saturated carbocycles. The van der Waals surface area contributed by atoms with Gasteiger partial charge in [0.25, 0.3) is 0 Å². The Labute approximate surface area is 112 Å². The molecule has 2 N–H and O–H groups in total. The van der Waals surface area contributed by atoms with Crippen LogP contribution in [0.4, 0.5) is 0 Å². The van der Waals surface area contributed by atoms with Crippen LogP contribution in [0, 0.1) is 0 Å². The highest BCUT2D eigenvalue weighted by Crippen LogP contribution is 2.23. The number of rotatable bonds is 4. The summed E-state index contributed by atoms with van der Waals surface area (Å²) >= 11 is 0. The lowest BCUT2D eigenvalue weighted by Gasteiger charge is -2.04. The molecule has 1 aromatic carbocycles. The van der Waals surface area contributed by atoms with Gasteiger partial charge in [0.1, 0.15) is 11.3 Å². The average molecular weight is 259 g/mol. The number of nitrogens with zero attached hydrogens (tertiary/aromatic N) is 2. The molecule has 1 aromatic heterocycles. The smallest absolute Gasteiger partial charge is 0.341 e. The number of benzene rings is 1. The van der Waals surface area contributed by atoms with Crippen molar-refractivity contribution in [3.05, 3.63) is 41.6 Å². The van der Waals surface area contributed by atoms with Crippen molar-refractivity contribution >= 4 is 5.97 Å². The number of aromatic nitrogens is 2. The molecule has 0 unspecified atom stereocenters. The molecule has 0 bridgehead atoms. The summed E-state index contributed by atoms with van der Waals surface area (Å²) in [4.78, 5) is 11.9. The zero-order chi connectivity index (χ0) is 13.8. The molecule has 5 heteroatoms. The Morgan fingerprint density at radius 3 is 2.95 bits per heavy atom. The maximum Gasteiger partial charge on any atom is 0.341 e. The number of nitrogens with two attached hydrogens (primary N) is 1. The van der Waals surface area contributed by atoms with E-state index in [0.717, 1.165) is 11.1 Å². The zero-order valence-corrected chi connectivity index (χ0v) is 11.1. The van der Waals surface area contributed by atoms with Gasteiger partial charge in [-0.3, -0.25) is 4.68 Å². The lowest BCUT2D eigenvalue weighted by Crippen LogP contribution is -2.05. The molecule has 0 spiro atoms. The number of hydrogen-bond donors (Lipinski definition) is 1. The van der Waals surface area contributed by atoms with Crippen molar-refractivity contribution in [2.24, 2.45) is 12.8 Å². The molecule has 19 heavy (non-hydrogen) atoms. The van der Waals surface area contributed by atoms with E-state index in [2.05, 4.69) is 5.10 Å². The zero-order valence-electron chi connectivity index (χ0n) is 11.1. The van der Waals surface area contributed by atoms with Gasteiger partial charge >= 0.3 is 5.97 Å². The number of ether oxygens (including phenoxy) is 1. The van der Waals surface area contributed by atoms with Crippen LogP contribution in [0.5, 0.6) is 0 Å². The number of aryl methyl sites for hydroxylation is 1. The normalized spacial score (nSPS) is 10.5. The van der Waals surface area contributed by atoms with Crippen molar-refractivity contribution in [2.75, 3.05) is 6.61 Å². The Morgan fingerprint density at radius 2 is 2.26 bits per heavy atom. The minimum absolute atomic E-state index is 0.343. The first-order chi connectivity index (χ1) is 9.15. The van der Waals surface area contributed by atoms with Gasteiger partial charge in [-0.2, -0.15) is 5.10 Å². The molecule has 0 radical (unpaired) electrons. The summed E-state index contributed by atoms with van der Waals surface area (Å²) in [5.74, 6) is -0.358. The second-order valence-corrected chi connectivity index (χ2v) is 4.19. The fourth-order valence-corrected chi connectivity index (χ4v) is 1.91. The van der Waals surface area contributed by atoms with E-state index in [1.807, 2.05) is 24.3 Å². The predicted molar refractivity (Wildman–Crippen MR) is 72.5 cm³/mol. The van der Waals surface area contributed by atoms with E-state index in [9.17, 15) is 4.79 Å². The maximum absolute atomic E-state index is 11.9. The Hall–Kier alpha value is -2.14. The van der Waals surface area contributed by atoms with Crippen LogP contribution in [-0.2, 0) is 18.3 Å². The molecule has 0 aliphatic carbocycles. The van der Waals surface area contributed by atoms with Gasteiger partial charge in [-0.05, 0) is 18.6 Å². The fraction of sp³-hybridized carbons (Fsp3) is 0.286. The molecule has 100 valence electrons. The third kappa shape index (κ3) is 2.82. The Morgan fingerprint density at radius 1 is 1.47 bits per heavy atom. The van der Waals surface area contributed by atoms with E-state index in [1.54, 1.807) is 24.9 Å². The van der Waals surface area contributed by atoms with Crippen LogP contribution in [0.15, 0.2) is 30.5 Å². The van der Waals surface area contributed by atoms with Crippen LogP contribution in [-0.4, -0.2) is 22.4 Å². The van der Waals surface area contributed by atoms with Crippen molar-refractivity contribution in [3.63, 3.8) is 0 Å². The topological polar surface area (TPSA) is 70.1 Å². The molecule has 0 atom stereocenters. The molecular formula is C14H17N3O2. The van der Waals surface area contributed by atoms with Gasteiger partial charge in [0.05, 0.1) is 6.61 Å². The van der Waals surface area contributed by atoms with Crippen LogP contribution in [0.25, 0.3) is 11.3 Å². The van der Waals surface area contributed by atoms with E-state index in [4.69, 9.17) is 10.5 Å². The second-order valence-electron chi connectivity index (χ2n) is 4.19. The highest BCUT2D eigenvalue weighted by atomic mass is 16.5. The largest absolute Gasteiger partial charge is 0.462 e. The van der Waals surface area contributed by atoms with Crippen LogP contribution < -0.4 is 5.73 Å². The van der Waals surface area contributed by atoms with Crippen molar-refractivity contribution in [3.8, 4) is 11.3 Å². The monoisotopic (exact) mass is 259 g/mol. The molecule has 0 fully saturated rings. The van der Waals surface area contributed by atoms with Gasteiger partial charge in [-0.1, -0.05) is 18.2 Å². The molecule has 0 aliphatic heterocycles. The van der Waals surface area contributed by atoms with E-state index in [-0.39, 0.29) is 5.97 Å². The third-order valence-corrected chi connectivity index (χ3v) is 2.76. The van der Waals surface area contributed by atoms with E-state index in [0.29, 0.717) is 24.4 Å². The Kier molecular flexibility index (Phi) is 3.97. The summed E-state index contributed by atoms with van der Waals surface area (Å²) in [6.45, 7) is 2.58. The van der Waals surface area contributed by atoms with Crippen molar-refractivity contribution < 1.29 is 9.53 Å². The lowest BCUT2D eigenvalue weighted by atomic mass is 10.1. The highest BCUT2D eigenvalue weighted by Gasteiger charge is 2.18. The first-order valence-corrected chi connectivity index (χ1v) is 6.15. The van der Waals surface area contributed by atoms with Crippen molar-refractivity contribution in [1.82, 2.24) is 9.78 Å². The number of carbonyl (C=O) groups is 1. The molecule has 1 heterocycles. The first kappa shape index (κ1) is 13.3. The first-order valence-electron chi connectivity index (χ1n) is 6.15. The van der Waals surface area contributed by atoms with Crippen molar-refractivity contribution in [2.45, 2.75) is 13.5 Å². The van der Waals surface area contributed by atoms with Crippen LogP contribution in [0.1, 0.15) is 22.8 Å². The quantitative estimate of drug-likeness (QED) is 0.849. The van der Waals surface area contributed by atoms with Gasteiger partial charge in [0.2, 0.25) is 0 Å². The molecule has 2 rings (SSSR count). The summed E-state index contributed by atoms with van der Waals surface area (Å²) in [5.41, 5.74) is 8.59. The number of esters is 1. The molecular weight excluding hydrogens is 242 g/mol. The molecule has 5 nitrogen and oxygen atoms in total. The van der Waals surface area contributed by atoms with E-state index >= 15 is 0 Å². The van der Waals surface area contributed by atoms with Crippen LogP contribution in [0.3, 0.4) is 0 Å². The van der Waals surface area contributed by atoms with Gasteiger partial charge in [-0.15, -0.1) is 0 Å². The summed E-state index contributed by atoms with van der Waals surface area (Å²) < 4.78 is 6.65. The summed E-state index contributed by atoms with van der Waals surface area (Å²) in [6, 6.07) is 7.69. The minimum Gasteiger partial charge on any atom is -0.462 e. The van der Waals surface area contributed by atoms with Gasteiger partial charge in [0, 0.05) is 25.4 Å². The Bertz CT molecular complexity index is 590. The molecule has 0 amide bonds. The number of hydrogen-bond acceptors (Lipinski definition) is 4. The summed E-state index contributed by atoms with van der Waals surface area (Å²) in [7, 11) is 1.78. The van der Waals surface area contributed by atoms with Gasteiger partial charge in [-0.25, -0.2) is 4.79 Å². The molecule has 0 aliphatic rings. The van der Waals surface area contributed by atoms with Crippen LogP contribution in [0.2, 0.25) is 0 Å². The Balaban J connectivity index is 2.46. The fourth-order valence-electron chi connectivity index (χ4n) is 1.91. The summed E-state index contributed by atoms with van der Waals surface area (Å²) in [6.07, 6.45) is 1.67. The van der Waals surface area contributed by atoms with E-state index < -0.39 is 0 Å².